The average molecular weight is 416 g/mol. The molecule has 1 aromatic heterocycles. The Morgan fingerprint density at radius 3 is 2.31 bits per heavy atom. The average Bonchev–Trinajstić information content (AvgIpc) is 3.09. The zero-order valence-electron chi connectivity index (χ0n) is 14.2. The Labute approximate surface area is 161 Å². The number of aromatic nitrogens is 3. The Bertz CT molecular complexity index is 877. The Morgan fingerprint density at radius 1 is 1.00 bits per heavy atom. The van der Waals surface area contributed by atoms with E-state index >= 15 is 0 Å². The Balaban J connectivity index is 0.00000243. The normalized spacial score (nSPS) is 10.0. The highest BCUT2D eigenvalue weighted by Crippen LogP contribution is 2.11. The lowest BCUT2D eigenvalue weighted by molar-refractivity contribution is -0.683. The standard InChI is InChI=1S/C19H18N3O3.BrH/c1-25-17-9-7-16(8-10-17)18(23)11-21-13-20-22(14-21)12-19(24)15-5-3-2-4-6-15;/h2-10,13-14H,11-12H2,1H3;1H/q+1;/p-1. The summed E-state index contributed by atoms with van der Waals surface area (Å²) in [5.74, 6) is 0.635. The molecule has 1 heterocycles. The molecule has 0 aliphatic rings. The zero-order valence-corrected chi connectivity index (χ0v) is 15.8. The van der Waals surface area contributed by atoms with Gasteiger partial charge in [0.15, 0.2) is 18.1 Å². The molecule has 3 rings (SSSR count). The van der Waals surface area contributed by atoms with E-state index in [9.17, 15) is 9.59 Å². The number of Topliss-reactive ketones (excluding diaryl/α,β-unsaturated/α-hetero) is 2. The van der Waals surface area contributed by atoms with Crippen LogP contribution >= 0.6 is 0 Å². The molecule has 0 fully saturated rings. The zero-order chi connectivity index (χ0) is 17.6. The van der Waals surface area contributed by atoms with E-state index in [2.05, 4.69) is 5.10 Å². The van der Waals surface area contributed by atoms with E-state index < -0.39 is 0 Å². The maximum absolute atomic E-state index is 12.3. The van der Waals surface area contributed by atoms with Crippen LogP contribution in [-0.2, 0) is 13.1 Å². The van der Waals surface area contributed by atoms with E-state index in [0.717, 1.165) is 0 Å². The predicted octanol–water partition coefficient (Wildman–Crippen LogP) is -1.05. The SMILES string of the molecule is COc1ccc(C(=O)C[n+]2cnn(CC(=O)c3ccccc3)c2)cc1.[Br-]. The van der Waals surface area contributed by atoms with Gasteiger partial charge >= 0.3 is 0 Å². The molecule has 2 aromatic carbocycles. The summed E-state index contributed by atoms with van der Waals surface area (Å²) in [5, 5.41) is 4.14. The molecule has 0 atom stereocenters. The van der Waals surface area contributed by atoms with Crippen molar-refractivity contribution in [3.05, 3.63) is 78.4 Å². The van der Waals surface area contributed by atoms with Crippen LogP contribution < -0.4 is 26.3 Å². The number of hydrogen-bond acceptors (Lipinski definition) is 4. The largest absolute Gasteiger partial charge is 1.00 e. The van der Waals surface area contributed by atoms with Crippen LogP contribution in [0.4, 0.5) is 0 Å². The van der Waals surface area contributed by atoms with Crippen molar-refractivity contribution in [1.82, 2.24) is 9.78 Å². The smallest absolute Gasteiger partial charge is 0.265 e. The fourth-order valence-electron chi connectivity index (χ4n) is 2.42. The molecule has 134 valence electrons. The molecule has 7 heteroatoms. The van der Waals surface area contributed by atoms with Crippen molar-refractivity contribution in [2.24, 2.45) is 0 Å². The van der Waals surface area contributed by atoms with Crippen molar-refractivity contribution in [2.45, 2.75) is 13.1 Å². The van der Waals surface area contributed by atoms with Crippen molar-refractivity contribution >= 4 is 11.6 Å². The van der Waals surface area contributed by atoms with Crippen LogP contribution in [0.2, 0.25) is 0 Å². The number of methoxy groups -OCH3 is 1. The van der Waals surface area contributed by atoms with Crippen LogP contribution in [0, 0.1) is 0 Å². The van der Waals surface area contributed by atoms with Gasteiger partial charge in [-0.05, 0) is 24.3 Å². The van der Waals surface area contributed by atoms with E-state index in [1.54, 1.807) is 60.7 Å². The third kappa shape index (κ3) is 4.86. The van der Waals surface area contributed by atoms with Crippen LogP contribution in [0.15, 0.2) is 67.3 Å². The molecule has 0 unspecified atom stereocenters. The number of carbonyl (C=O) groups is 2. The summed E-state index contributed by atoms with van der Waals surface area (Å²) in [6.07, 6.45) is 3.20. The van der Waals surface area contributed by atoms with Gasteiger partial charge in [0.25, 0.3) is 6.33 Å². The van der Waals surface area contributed by atoms with E-state index in [0.29, 0.717) is 16.9 Å². The van der Waals surface area contributed by atoms with Gasteiger partial charge in [-0.25, -0.2) is 4.57 Å². The molecule has 26 heavy (non-hydrogen) atoms. The number of carbonyl (C=O) groups excluding carboxylic acids is 2. The van der Waals surface area contributed by atoms with E-state index in [4.69, 9.17) is 4.74 Å². The lowest BCUT2D eigenvalue weighted by Crippen LogP contribution is -3.00. The first-order chi connectivity index (χ1) is 12.2. The molecule has 0 spiro atoms. The Hall–Kier alpha value is -2.80. The number of ketones is 2. The summed E-state index contributed by atoms with van der Waals surface area (Å²) < 4.78 is 8.26. The topological polar surface area (TPSA) is 65.1 Å². The van der Waals surface area contributed by atoms with E-state index in [1.165, 1.54) is 4.68 Å². The highest BCUT2D eigenvalue weighted by molar-refractivity contribution is 5.96. The maximum atomic E-state index is 12.3. The van der Waals surface area contributed by atoms with Crippen LogP contribution in [0.1, 0.15) is 20.7 Å². The van der Waals surface area contributed by atoms with Gasteiger partial charge in [-0.2, -0.15) is 0 Å². The van der Waals surface area contributed by atoms with Crippen LogP contribution in [0.5, 0.6) is 5.75 Å². The molecule has 3 aromatic rings. The van der Waals surface area contributed by atoms with Gasteiger partial charge < -0.3 is 21.7 Å². The van der Waals surface area contributed by atoms with Gasteiger partial charge in [0.1, 0.15) is 12.3 Å². The second kappa shape index (κ2) is 9.05. The lowest BCUT2D eigenvalue weighted by atomic mass is 10.1. The molecule has 0 N–H and O–H groups in total. The van der Waals surface area contributed by atoms with Crippen molar-refractivity contribution < 1.29 is 35.9 Å². The van der Waals surface area contributed by atoms with Gasteiger partial charge in [-0.1, -0.05) is 30.3 Å². The highest BCUT2D eigenvalue weighted by Gasteiger charge is 2.15. The van der Waals surface area contributed by atoms with Crippen molar-refractivity contribution in [2.75, 3.05) is 7.11 Å². The van der Waals surface area contributed by atoms with Crippen molar-refractivity contribution in [3.8, 4) is 5.75 Å². The van der Waals surface area contributed by atoms with Crippen LogP contribution in [-0.4, -0.2) is 28.5 Å². The molecule has 0 aliphatic heterocycles. The number of rotatable bonds is 7. The van der Waals surface area contributed by atoms with Crippen molar-refractivity contribution in [1.29, 1.82) is 0 Å². The molecule has 0 saturated heterocycles. The Morgan fingerprint density at radius 2 is 1.65 bits per heavy atom. The molecule has 0 radical (unpaired) electrons. The molecule has 0 bridgehead atoms. The lowest BCUT2D eigenvalue weighted by Gasteiger charge is -2.01. The third-order valence-electron chi connectivity index (χ3n) is 3.77. The summed E-state index contributed by atoms with van der Waals surface area (Å²) in [6, 6.07) is 16.0. The fraction of sp³-hybridized carbons (Fsp3) is 0.158. The minimum absolute atomic E-state index is 0. The number of nitrogens with zero attached hydrogens (tertiary/aromatic N) is 3. The first kappa shape index (κ1) is 19.5. The summed E-state index contributed by atoms with van der Waals surface area (Å²) in [6.45, 7) is 0.291. The molecule has 0 amide bonds. The van der Waals surface area contributed by atoms with Crippen LogP contribution in [0.3, 0.4) is 0 Å². The quantitative estimate of drug-likeness (QED) is 0.364. The predicted molar refractivity (Wildman–Crippen MR) is 90.5 cm³/mol. The minimum Gasteiger partial charge on any atom is -1.00 e. The van der Waals surface area contributed by atoms with E-state index in [1.807, 2.05) is 18.2 Å². The number of benzene rings is 2. The van der Waals surface area contributed by atoms with Gasteiger partial charge in [0.2, 0.25) is 6.33 Å². The second-order valence-electron chi connectivity index (χ2n) is 5.56. The van der Waals surface area contributed by atoms with Crippen molar-refractivity contribution in [3.63, 3.8) is 0 Å². The molecule has 0 saturated carbocycles. The first-order valence-electron chi connectivity index (χ1n) is 7.83. The number of hydrogen-bond donors (Lipinski definition) is 0. The number of halogens is 1. The third-order valence-corrected chi connectivity index (χ3v) is 3.77. The summed E-state index contributed by atoms with van der Waals surface area (Å²) in [7, 11) is 1.58. The monoisotopic (exact) mass is 415 g/mol. The van der Waals surface area contributed by atoms with Gasteiger partial charge in [0, 0.05) is 16.2 Å². The summed E-state index contributed by atoms with van der Waals surface area (Å²) in [5.41, 5.74) is 1.24. The van der Waals surface area contributed by atoms with Crippen LogP contribution in [0.25, 0.3) is 0 Å². The molecule has 6 nitrogen and oxygen atoms in total. The Kier molecular flexibility index (Phi) is 6.80. The number of ether oxygens (including phenoxy) is 1. The van der Waals surface area contributed by atoms with Gasteiger partial charge in [-0.3, -0.25) is 9.59 Å². The summed E-state index contributed by atoms with van der Waals surface area (Å²) >= 11 is 0. The fourth-order valence-corrected chi connectivity index (χ4v) is 2.42. The van der Waals surface area contributed by atoms with Gasteiger partial charge in [-0.15, -0.1) is 4.68 Å². The van der Waals surface area contributed by atoms with Gasteiger partial charge in [0.05, 0.1) is 7.11 Å². The first-order valence-corrected chi connectivity index (χ1v) is 7.83. The second-order valence-corrected chi connectivity index (χ2v) is 5.56. The highest BCUT2D eigenvalue weighted by atomic mass is 79.9. The molecular weight excluding hydrogens is 398 g/mol. The maximum Gasteiger partial charge on any atom is 0.265 e. The molecular formula is C19H18BrN3O3. The minimum atomic E-state index is -0.0402. The summed E-state index contributed by atoms with van der Waals surface area (Å²) in [4.78, 5) is 24.5. The molecule has 0 aliphatic carbocycles. The van der Waals surface area contributed by atoms with E-state index in [-0.39, 0.29) is 41.6 Å².